The Morgan fingerprint density at radius 2 is 2.08 bits per heavy atom. The van der Waals surface area contributed by atoms with Gasteiger partial charge in [-0.2, -0.15) is 0 Å². The summed E-state index contributed by atoms with van der Waals surface area (Å²) in [7, 11) is 0. The molecule has 4 rings (SSSR count). The minimum atomic E-state index is -0.151. The molecule has 1 amide bonds. The number of ketones is 1. The van der Waals surface area contributed by atoms with Gasteiger partial charge in [0.2, 0.25) is 5.76 Å². The summed E-state index contributed by atoms with van der Waals surface area (Å²) in [5, 5.41) is 11.1. The van der Waals surface area contributed by atoms with Crippen molar-refractivity contribution >= 4 is 23.5 Å². The van der Waals surface area contributed by atoms with Crippen molar-refractivity contribution < 1.29 is 14.1 Å². The van der Waals surface area contributed by atoms with Crippen LogP contribution in [0.1, 0.15) is 47.1 Å². The maximum atomic E-state index is 12.4. The smallest absolute Gasteiger partial charge is 0.251 e. The lowest BCUT2D eigenvalue weighted by atomic mass is 9.95. The van der Waals surface area contributed by atoms with Gasteiger partial charge in [0.1, 0.15) is 5.03 Å². The fraction of sp³-hybridized carbons (Fsp3) is 0.389. The molecule has 6 nitrogen and oxygen atoms in total. The first-order chi connectivity index (χ1) is 12.1. The highest BCUT2D eigenvalue weighted by Crippen LogP contribution is 2.29. The second kappa shape index (κ2) is 6.65. The van der Waals surface area contributed by atoms with Gasteiger partial charge in [-0.15, -0.1) is 0 Å². The molecule has 0 spiro atoms. The van der Waals surface area contributed by atoms with E-state index in [0.717, 1.165) is 17.7 Å². The number of nitrogens with zero attached hydrogens (tertiary/aromatic N) is 1. The zero-order valence-electron chi connectivity index (χ0n) is 13.8. The third-order valence-electron chi connectivity index (χ3n) is 4.79. The first-order valence-electron chi connectivity index (χ1n) is 8.41. The molecule has 2 aliphatic rings. The van der Waals surface area contributed by atoms with E-state index < -0.39 is 0 Å². The van der Waals surface area contributed by atoms with E-state index in [0.29, 0.717) is 22.7 Å². The fourth-order valence-corrected chi connectivity index (χ4v) is 4.26. The van der Waals surface area contributed by atoms with Gasteiger partial charge in [-0.3, -0.25) is 9.59 Å². The third-order valence-corrected chi connectivity index (χ3v) is 5.70. The molecule has 2 bridgehead atoms. The Morgan fingerprint density at radius 1 is 1.28 bits per heavy atom. The molecule has 0 aliphatic carbocycles. The molecule has 25 heavy (non-hydrogen) atoms. The molecule has 2 aliphatic heterocycles. The van der Waals surface area contributed by atoms with Crippen LogP contribution >= 0.6 is 11.8 Å². The van der Waals surface area contributed by atoms with Crippen LogP contribution in [0, 0.1) is 0 Å². The first kappa shape index (κ1) is 16.4. The van der Waals surface area contributed by atoms with Crippen molar-refractivity contribution in [3.63, 3.8) is 0 Å². The van der Waals surface area contributed by atoms with E-state index in [1.54, 1.807) is 6.07 Å². The largest absolute Gasteiger partial charge is 0.352 e. The van der Waals surface area contributed by atoms with Crippen molar-refractivity contribution in [3.8, 4) is 0 Å². The summed E-state index contributed by atoms with van der Waals surface area (Å²) in [6.45, 7) is 1.44. The number of rotatable bonds is 5. The van der Waals surface area contributed by atoms with Gasteiger partial charge in [-0.05, 0) is 43.5 Å². The SMILES string of the molecule is CC(=O)c1cc(Sc2ccc(C(=O)NC3CC4CCC3N4)cc2)no1. The highest BCUT2D eigenvalue weighted by atomic mass is 32.2. The van der Waals surface area contributed by atoms with Crippen LogP contribution < -0.4 is 10.6 Å². The van der Waals surface area contributed by atoms with Crippen molar-refractivity contribution in [2.45, 2.75) is 54.2 Å². The predicted octanol–water partition coefficient (Wildman–Crippen LogP) is 2.65. The summed E-state index contributed by atoms with van der Waals surface area (Å²) >= 11 is 1.39. The Balaban J connectivity index is 1.37. The van der Waals surface area contributed by atoms with E-state index in [1.165, 1.54) is 25.1 Å². The van der Waals surface area contributed by atoms with Gasteiger partial charge in [-0.25, -0.2) is 0 Å². The van der Waals surface area contributed by atoms with Crippen LogP contribution in [0.25, 0.3) is 0 Å². The molecular weight excluding hydrogens is 338 g/mol. The molecular formula is C18H19N3O3S. The van der Waals surface area contributed by atoms with E-state index in [4.69, 9.17) is 4.52 Å². The maximum absolute atomic E-state index is 12.4. The second-order valence-electron chi connectivity index (χ2n) is 6.58. The molecule has 1 aromatic heterocycles. The molecule has 3 atom stereocenters. The van der Waals surface area contributed by atoms with Crippen molar-refractivity contribution in [1.29, 1.82) is 0 Å². The van der Waals surface area contributed by atoms with Gasteiger partial charge in [0.25, 0.3) is 5.91 Å². The zero-order valence-corrected chi connectivity index (χ0v) is 14.6. The Morgan fingerprint density at radius 3 is 2.68 bits per heavy atom. The highest BCUT2D eigenvalue weighted by Gasteiger charge is 2.39. The average molecular weight is 357 g/mol. The third kappa shape index (κ3) is 3.48. The molecule has 2 N–H and O–H groups in total. The molecule has 3 heterocycles. The molecule has 1 aromatic carbocycles. The monoisotopic (exact) mass is 357 g/mol. The molecule has 3 unspecified atom stereocenters. The standard InChI is InChI=1S/C18H19N3O3S/c1-10(22)16-9-17(21-24-16)25-13-5-2-11(3-6-13)18(23)20-15-8-12-4-7-14(15)19-12/h2-3,5-6,9,12,14-15,19H,4,7-8H2,1H3,(H,20,23). The van der Waals surface area contributed by atoms with Crippen molar-refractivity contribution in [1.82, 2.24) is 15.8 Å². The summed E-state index contributed by atoms with van der Waals surface area (Å²) in [5.74, 6) is 0.0654. The van der Waals surface area contributed by atoms with E-state index in [1.807, 2.05) is 24.3 Å². The minimum Gasteiger partial charge on any atom is -0.352 e. The zero-order chi connectivity index (χ0) is 17.4. The summed E-state index contributed by atoms with van der Waals surface area (Å²) in [5.41, 5.74) is 0.650. The normalized spacial score (nSPS) is 24.4. The van der Waals surface area contributed by atoms with Crippen LogP contribution in [0.5, 0.6) is 0 Å². The summed E-state index contributed by atoms with van der Waals surface area (Å²) in [6, 6.07) is 10.2. The first-order valence-corrected chi connectivity index (χ1v) is 9.22. The number of benzene rings is 1. The number of fused-ring (bicyclic) bond motifs is 2. The number of hydrogen-bond acceptors (Lipinski definition) is 6. The van der Waals surface area contributed by atoms with Crippen LogP contribution in [0.4, 0.5) is 0 Å². The highest BCUT2D eigenvalue weighted by molar-refractivity contribution is 7.99. The molecule has 2 aromatic rings. The number of aromatic nitrogens is 1. The maximum Gasteiger partial charge on any atom is 0.251 e. The molecule has 7 heteroatoms. The number of hydrogen-bond donors (Lipinski definition) is 2. The van der Waals surface area contributed by atoms with E-state index >= 15 is 0 Å². The van der Waals surface area contributed by atoms with Crippen LogP contribution in [0.15, 0.2) is 44.8 Å². The number of Topliss-reactive ketones (excluding diaryl/α,β-unsaturated/α-hetero) is 1. The van der Waals surface area contributed by atoms with Crippen molar-refractivity contribution in [3.05, 3.63) is 41.7 Å². The molecule has 130 valence electrons. The summed E-state index contributed by atoms with van der Waals surface area (Å²) < 4.78 is 4.97. The van der Waals surface area contributed by atoms with Crippen molar-refractivity contribution in [2.75, 3.05) is 0 Å². The van der Waals surface area contributed by atoms with Crippen molar-refractivity contribution in [2.24, 2.45) is 0 Å². The summed E-state index contributed by atoms with van der Waals surface area (Å²) in [6.07, 6.45) is 3.39. The number of nitrogens with one attached hydrogen (secondary N) is 2. The van der Waals surface area contributed by atoms with Crippen LogP contribution in [0.3, 0.4) is 0 Å². The fourth-order valence-electron chi connectivity index (χ4n) is 3.50. The van der Waals surface area contributed by atoms with E-state index in [-0.39, 0.29) is 23.5 Å². The van der Waals surface area contributed by atoms with Gasteiger partial charge >= 0.3 is 0 Å². The van der Waals surface area contributed by atoms with Crippen LogP contribution in [-0.2, 0) is 0 Å². The predicted molar refractivity (Wildman–Crippen MR) is 92.9 cm³/mol. The van der Waals surface area contributed by atoms with E-state index in [9.17, 15) is 9.59 Å². The van der Waals surface area contributed by atoms with E-state index in [2.05, 4.69) is 15.8 Å². The topological polar surface area (TPSA) is 84.2 Å². The van der Waals surface area contributed by atoms with Crippen LogP contribution in [-0.4, -0.2) is 35.0 Å². The molecule has 2 saturated heterocycles. The summed E-state index contributed by atoms with van der Waals surface area (Å²) in [4.78, 5) is 24.6. The molecule has 2 fully saturated rings. The van der Waals surface area contributed by atoms with Gasteiger partial charge in [0.15, 0.2) is 5.78 Å². The molecule has 0 radical (unpaired) electrons. The van der Waals surface area contributed by atoms with Gasteiger partial charge < -0.3 is 15.2 Å². The number of carbonyl (C=O) groups is 2. The Bertz CT molecular complexity index is 802. The van der Waals surface area contributed by atoms with Gasteiger partial charge in [0.05, 0.1) is 0 Å². The minimum absolute atomic E-state index is 0.0313. The second-order valence-corrected chi connectivity index (χ2v) is 7.67. The Labute approximate surface area is 149 Å². The van der Waals surface area contributed by atoms with Gasteiger partial charge in [-0.1, -0.05) is 16.9 Å². The van der Waals surface area contributed by atoms with Gasteiger partial charge in [0, 0.05) is 41.6 Å². The quantitative estimate of drug-likeness (QED) is 0.801. The Kier molecular flexibility index (Phi) is 4.35. The molecule has 0 saturated carbocycles. The lowest BCUT2D eigenvalue weighted by molar-refractivity contribution is 0.0929. The van der Waals surface area contributed by atoms with Crippen LogP contribution in [0.2, 0.25) is 0 Å². The average Bonchev–Trinajstić information content (AvgIpc) is 3.32. The number of carbonyl (C=O) groups excluding carboxylic acids is 2. The Hall–Kier alpha value is -2.12. The number of amides is 1. The lowest BCUT2D eigenvalue weighted by Crippen LogP contribution is -2.42. The lowest BCUT2D eigenvalue weighted by Gasteiger charge is -2.21.